The number of nitrogens with two attached hydrogens (primary N) is 1. The minimum Gasteiger partial charge on any atom is -0.388 e. The van der Waals surface area contributed by atoms with Gasteiger partial charge in [0.2, 0.25) is 0 Å². The van der Waals surface area contributed by atoms with Gasteiger partial charge in [-0.15, -0.1) is 0 Å². The Morgan fingerprint density at radius 2 is 1.76 bits per heavy atom. The van der Waals surface area contributed by atoms with Crippen molar-refractivity contribution in [2.45, 2.75) is 77.4 Å². The van der Waals surface area contributed by atoms with E-state index in [9.17, 15) is 5.11 Å². The quantitative estimate of drug-likeness (QED) is 0.795. The van der Waals surface area contributed by atoms with Crippen molar-refractivity contribution >= 4 is 0 Å². The van der Waals surface area contributed by atoms with Crippen molar-refractivity contribution in [1.82, 2.24) is 0 Å². The molecule has 0 aromatic carbocycles. The van der Waals surface area contributed by atoms with Gasteiger partial charge in [-0.3, -0.25) is 0 Å². The molecule has 17 heavy (non-hydrogen) atoms. The Labute approximate surface area is 106 Å². The summed E-state index contributed by atoms with van der Waals surface area (Å²) in [6.45, 7) is 9.16. The lowest BCUT2D eigenvalue weighted by atomic mass is 9.64. The molecule has 100 valence electrons. The molecular weight excluding hydrogens is 210 g/mol. The summed E-state index contributed by atoms with van der Waals surface area (Å²) < 4.78 is 0. The van der Waals surface area contributed by atoms with Gasteiger partial charge in [0.25, 0.3) is 0 Å². The summed E-state index contributed by atoms with van der Waals surface area (Å²) in [5.74, 6) is 1.26. The second kappa shape index (κ2) is 3.96. The molecule has 0 radical (unpaired) electrons. The van der Waals surface area contributed by atoms with Gasteiger partial charge in [0.05, 0.1) is 5.60 Å². The van der Waals surface area contributed by atoms with E-state index in [0.717, 1.165) is 38.0 Å². The SMILES string of the molecule is CCC(C)(C)C1CCC(O)(C2(N)CC2C)CC1. The first-order valence-electron chi connectivity index (χ1n) is 7.26. The maximum Gasteiger partial charge on any atom is 0.0829 e. The standard InChI is InChI=1S/C15H29NO/c1-5-13(3,4)12-6-8-14(17,9-7-12)15(16)10-11(15)2/h11-12,17H,5-10,16H2,1-4H3. The van der Waals surface area contributed by atoms with Crippen LogP contribution in [-0.2, 0) is 0 Å². The minimum absolute atomic E-state index is 0.270. The van der Waals surface area contributed by atoms with Crippen molar-refractivity contribution in [2.75, 3.05) is 0 Å². The smallest absolute Gasteiger partial charge is 0.0829 e. The van der Waals surface area contributed by atoms with E-state index in [4.69, 9.17) is 5.73 Å². The summed E-state index contributed by atoms with van der Waals surface area (Å²) in [7, 11) is 0. The summed E-state index contributed by atoms with van der Waals surface area (Å²) in [6, 6.07) is 0. The van der Waals surface area contributed by atoms with Gasteiger partial charge in [0.1, 0.15) is 0 Å². The van der Waals surface area contributed by atoms with Gasteiger partial charge in [-0.1, -0.05) is 34.1 Å². The molecule has 3 N–H and O–H groups in total. The van der Waals surface area contributed by atoms with Crippen molar-refractivity contribution in [2.24, 2.45) is 23.0 Å². The van der Waals surface area contributed by atoms with Crippen LogP contribution in [0, 0.1) is 17.3 Å². The Hall–Kier alpha value is -0.0800. The second-order valence-corrected chi connectivity index (χ2v) is 7.29. The minimum atomic E-state index is -0.577. The summed E-state index contributed by atoms with van der Waals surface area (Å²) in [5.41, 5.74) is 5.90. The normalized spacial score (nSPS) is 46.9. The van der Waals surface area contributed by atoms with Crippen LogP contribution in [0.3, 0.4) is 0 Å². The average molecular weight is 239 g/mol. The Kier molecular flexibility index (Phi) is 3.11. The van der Waals surface area contributed by atoms with Crippen LogP contribution in [0.2, 0.25) is 0 Å². The highest BCUT2D eigenvalue weighted by atomic mass is 16.3. The summed E-state index contributed by atoms with van der Waals surface area (Å²) in [4.78, 5) is 0. The third-order valence-corrected chi connectivity index (χ3v) is 6.06. The molecule has 0 heterocycles. The molecule has 2 atom stereocenters. The molecule has 2 aliphatic carbocycles. The van der Waals surface area contributed by atoms with E-state index in [-0.39, 0.29) is 5.54 Å². The van der Waals surface area contributed by atoms with Crippen LogP contribution >= 0.6 is 0 Å². The third kappa shape index (κ3) is 2.04. The molecule has 0 amide bonds. The topological polar surface area (TPSA) is 46.2 Å². The molecule has 2 unspecified atom stereocenters. The lowest BCUT2D eigenvalue weighted by Gasteiger charge is -2.45. The Balaban J connectivity index is 1.99. The lowest BCUT2D eigenvalue weighted by Crippen LogP contribution is -2.54. The Bertz CT molecular complexity index is 291. The van der Waals surface area contributed by atoms with Crippen LogP contribution in [0.25, 0.3) is 0 Å². The summed E-state index contributed by atoms with van der Waals surface area (Å²) >= 11 is 0. The van der Waals surface area contributed by atoms with E-state index in [1.54, 1.807) is 0 Å². The number of hydrogen-bond acceptors (Lipinski definition) is 2. The fraction of sp³-hybridized carbons (Fsp3) is 1.00. The first kappa shape index (κ1) is 13.4. The van der Waals surface area contributed by atoms with Crippen molar-refractivity contribution in [3.63, 3.8) is 0 Å². The third-order valence-electron chi connectivity index (χ3n) is 6.06. The molecule has 2 heteroatoms. The molecule has 0 saturated heterocycles. The van der Waals surface area contributed by atoms with E-state index in [1.807, 2.05) is 0 Å². The molecule has 2 aliphatic rings. The molecule has 2 nitrogen and oxygen atoms in total. The fourth-order valence-corrected chi connectivity index (χ4v) is 3.73. The molecule has 0 spiro atoms. The molecule has 0 aromatic rings. The van der Waals surface area contributed by atoms with Crippen LogP contribution in [0.4, 0.5) is 0 Å². The van der Waals surface area contributed by atoms with Crippen LogP contribution in [0.15, 0.2) is 0 Å². The molecule has 2 saturated carbocycles. The largest absolute Gasteiger partial charge is 0.388 e. The summed E-state index contributed by atoms with van der Waals surface area (Å²) in [5, 5.41) is 10.8. The number of aliphatic hydroxyl groups is 1. The van der Waals surface area contributed by atoms with Crippen molar-refractivity contribution in [3.05, 3.63) is 0 Å². The van der Waals surface area contributed by atoms with Crippen molar-refractivity contribution in [3.8, 4) is 0 Å². The molecule has 0 bridgehead atoms. The zero-order chi connectivity index (χ0) is 12.9. The predicted octanol–water partition coefficient (Wildman–Crippen LogP) is 3.08. The number of rotatable bonds is 3. The van der Waals surface area contributed by atoms with E-state index >= 15 is 0 Å². The molecule has 0 aliphatic heterocycles. The van der Waals surface area contributed by atoms with E-state index in [2.05, 4.69) is 27.7 Å². The van der Waals surface area contributed by atoms with Gasteiger partial charge < -0.3 is 10.8 Å². The summed E-state index contributed by atoms with van der Waals surface area (Å²) in [6.07, 6.45) is 6.32. The lowest BCUT2D eigenvalue weighted by molar-refractivity contribution is -0.0582. The van der Waals surface area contributed by atoms with Crippen molar-refractivity contribution in [1.29, 1.82) is 0 Å². The van der Waals surface area contributed by atoms with Gasteiger partial charge in [-0.25, -0.2) is 0 Å². The Morgan fingerprint density at radius 3 is 2.12 bits per heavy atom. The van der Waals surface area contributed by atoms with Gasteiger partial charge in [0.15, 0.2) is 0 Å². The van der Waals surface area contributed by atoms with Crippen LogP contribution in [0.5, 0.6) is 0 Å². The highest BCUT2D eigenvalue weighted by molar-refractivity contribution is 5.19. The highest BCUT2D eigenvalue weighted by Crippen LogP contribution is 2.55. The highest BCUT2D eigenvalue weighted by Gasteiger charge is 2.62. The van der Waals surface area contributed by atoms with Crippen LogP contribution < -0.4 is 5.73 Å². The maximum atomic E-state index is 10.8. The molecule has 0 aromatic heterocycles. The van der Waals surface area contributed by atoms with E-state index in [1.165, 1.54) is 6.42 Å². The number of hydrogen-bond donors (Lipinski definition) is 2. The maximum absolute atomic E-state index is 10.8. The molecular formula is C15H29NO. The monoisotopic (exact) mass is 239 g/mol. The van der Waals surface area contributed by atoms with Crippen LogP contribution in [-0.4, -0.2) is 16.2 Å². The first-order chi connectivity index (χ1) is 7.75. The van der Waals surface area contributed by atoms with E-state index < -0.39 is 5.60 Å². The van der Waals surface area contributed by atoms with Gasteiger partial charge in [0, 0.05) is 5.54 Å². The van der Waals surface area contributed by atoms with Gasteiger partial charge >= 0.3 is 0 Å². The zero-order valence-electron chi connectivity index (χ0n) is 11.9. The van der Waals surface area contributed by atoms with Crippen molar-refractivity contribution < 1.29 is 5.11 Å². The van der Waals surface area contributed by atoms with Crippen LogP contribution in [0.1, 0.15) is 66.2 Å². The predicted molar refractivity (Wildman–Crippen MR) is 71.7 cm³/mol. The van der Waals surface area contributed by atoms with Gasteiger partial charge in [-0.2, -0.15) is 0 Å². The fourth-order valence-electron chi connectivity index (χ4n) is 3.73. The zero-order valence-corrected chi connectivity index (χ0v) is 11.9. The molecule has 2 fully saturated rings. The first-order valence-corrected chi connectivity index (χ1v) is 7.26. The average Bonchev–Trinajstić information content (AvgIpc) is 2.90. The van der Waals surface area contributed by atoms with E-state index in [0.29, 0.717) is 11.3 Å². The molecule has 2 rings (SSSR count). The second-order valence-electron chi connectivity index (χ2n) is 7.29. The Morgan fingerprint density at radius 1 is 1.29 bits per heavy atom. The van der Waals surface area contributed by atoms with Gasteiger partial charge in [-0.05, 0) is 49.4 Å².